The minimum atomic E-state index is -0.463. The van der Waals surface area contributed by atoms with Crippen molar-refractivity contribution in [1.29, 1.82) is 5.26 Å². The molecule has 0 saturated heterocycles. The summed E-state index contributed by atoms with van der Waals surface area (Å²) in [4.78, 5) is 0. The number of hydrogen-bond donors (Lipinski definition) is 2. The first-order chi connectivity index (χ1) is 14.5. The average molecular weight is 402 g/mol. The molecule has 152 valence electrons. The van der Waals surface area contributed by atoms with Gasteiger partial charge >= 0.3 is 0 Å². The Morgan fingerprint density at radius 3 is 2.60 bits per heavy atom. The minimum Gasteiger partial charge on any atom is -0.493 e. The summed E-state index contributed by atoms with van der Waals surface area (Å²) in [6.07, 6.45) is 0.00296. The van der Waals surface area contributed by atoms with Crippen LogP contribution in [-0.4, -0.2) is 23.4 Å². The minimum absolute atomic E-state index is 0.00296. The van der Waals surface area contributed by atoms with Crippen LogP contribution in [0.5, 0.6) is 17.4 Å². The van der Waals surface area contributed by atoms with E-state index in [0.717, 1.165) is 22.4 Å². The number of ether oxygens (including phenoxy) is 3. The van der Waals surface area contributed by atoms with Gasteiger partial charge in [0.25, 0.3) is 0 Å². The third-order valence-corrected chi connectivity index (χ3v) is 4.89. The van der Waals surface area contributed by atoms with Crippen LogP contribution in [0.25, 0.3) is 11.3 Å². The molecule has 1 atom stereocenters. The van der Waals surface area contributed by atoms with E-state index in [4.69, 9.17) is 19.9 Å². The molecule has 0 radical (unpaired) electrons. The molecule has 30 heavy (non-hydrogen) atoms. The monoisotopic (exact) mass is 402 g/mol. The molecule has 7 heteroatoms. The summed E-state index contributed by atoms with van der Waals surface area (Å²) in [6, 6.07) is 17.6. The first-order valence-electron chi connectivity index (χ1n) is 9.59. The van der Waals surface area contributed by atoms with Gasteiger partial charge in [0.2, 0.25) is 11.8 Å². The smallest absolute Gasteiger partial charge is 0.244 e. The topological polar surface area (TPSA) is 106 Å². The van der Waals surface area contributed by atoms with E-state index in [2.05, 4.69) is 16.3 Å². The molecule has 7 nitrogen and oxygen atoms in total. The van der Waals surface area contributed by atoms with Gasteiger partial charge in [0, 0.05) is 0 Å². The molecule has 0 spiro atoms. The number of fused-ring (bicyclic) bond motifs is 1. The Labute approximate surface area is 174 Å². The second-order valence-electron chi connectivity index (χ2n) is 7.19. The van der Waals surface area contributed by atoms with Gasteiger partial charge in [0.1, 0.15) is 11.6 Å². The fraction of sp³-hybridized carbons (Fsp3) is 0.217. The third kappa shape index (κ3) is 3.33. The van der Waals surface area contributed by atoms with Gasteiger partial charge in [0.05, 0.1) is 30.4 Å². The highest BCUT2D eigenvalue weighted by molar-refractivity contribution is 5.71. The van der Waals surface area contributed by atoms with Crippen molar-refractivity contribution in [3.63, 3.8) is 0 Å². The van der Waals surface area contributed by atoms with Crippen LogP contribution in [-0.2, 0) is 0 Å². The molecule has 3 N–H and O–H groups in total. The summed E-state index contributed by atoms with van der Waals surface area (Å²) in [5.41, 5.74) is 9.68. The average Bonchev–Trinajstić information content (AvgIpc) is 3.16. The van der Waals surface area contributed by atoms with Gasteiger partial charge in [-0.15, -0.1) is 5.10 Å². The molecule has 2 heterocycles. The maximum atomic E-state index is 9.86. The van der Waals surface area contributed by atoms with E-state index in [1.807, 2.05) is 62.4 Å². The van der Waals surface area contributed by atoms with Crippen LogP contribution in [0.4, 0.5) is 0 Å². The molecule has 0 amide bonds. The van der Waals surface area contributed by atoms with E-state index in [1.54, 1.807) is 7.11 Å². The second kappa shape index (κ2) is 7.84. The van der Waals surface area contributed by atoms with Crippen LogP contribution >= 0.6 is 0 Å². The van der Waals surface area contributed by atoms with Crippen LogP contribution in [0.1, 0.15) is 30.9 Å². The summed E-state index contributed by atoms with van der Waals surface area (Å²) in [6.45, 7) is 3.90. The van der Waals surface area contributed by atoms with Crippen molar-refractivity contribution < 1.29 is 14.2 Å². The SMILES string of the molecule is COc1cc([C@H]2C(C#N)=C(N)Oc3n[nH]c(-c4ccccc4)c32)ccc1OC(C)C. The Morgan fingerprint density at radius 1 is 1.17 bits per heavy atom. The van der Waals surface area contributed by atoms with E-state index in [0.29, 0.717) is 23.0 Å². The molecule has 1 aliphatic heterocycles. The second-order valence-corrected chi connectivity index (χ2v) is 7.19. The molecule has 1 aliphatic rings. The van der Waals surface area contributed by atoms with Gasteiger partial charge in [-0.2, -0.15) is 5.26 Å². The molecule has 0 unspecified atom stereocenters. The number of nitrogens with zero attached hydrogens (tertiary/aromatic N) is 2. The third-order valence-electron chi connectivity index (χ3n) is 4.89. The van der Waals surface area contributed by atoms with Crippen molar-refractivity contribution in [2.45, 2.75) is 25.9 Å². The quantitative estimate of drug-likeness (QED) is 0.666. The first kappa shape index (κ1) is 19.4. The lowest BCUT2D eigenvalue weighted by Crippen LogP contribution is -2.21. The largest absolute Gasteiger partial charge is 0.493 e. The highest BCUT2D eigenvalue weighted by Gasteiger charge is 2.36. The first-order valence-corrected chi connectivity index (χ1v) is 9.59. The number of rotatable bonds is 5. The molecule has 0 fully saturated rings. The summed E-state index contributed by atoms with van der Waals surface area (Å²) in [5, 5.41) is 17.2. The summed E-state index contributed by atoms with van der Waals surface area (Å²) in [7, 11) is 1.59. The number of aromatic amines is 1. The van der Waals surface area contributed by atoms with Gasteiger partial charge < -0.3 is 19.9 Å². The number of nitrogens with two attached hydrogens (primary N) is 1. The molecule has 2 aromatic carbocycles. The van der Waals surface area contributed by atoms with Crippen LogP contribution in [0.2, 0.25) is 0 Å². The maximum absolute atomic E-state index is 9.86. The highest BCUT2D eigenvalue weighted by Crippen LogP contribution is 2.47. The van der Waals surface area contributed by atoms with Crippen LogP contribution < -0.4 is 19.9 Å². The van der Waals surface area contributed by atoms with Gasteiger partial charge in [0.15, 0.2) is 11.5 Å². The predicted molar refractivity (Wildman–Crippen MR) is 112 cm³/mol. The molecular formula is C23H22N4O3. The molecule has 0 bridgehead atoms. The zero-order chi connectivity index (χ0) is 21.3. The number of H-pyrrole nitrogens is 1. The Balaban J connectivity index is 1.89. The van der Waals surface area contributed by atoms with E-state index < -0.39 is 5.92 Å². The summed E-state index contributed by atoms with van der Waals surface area (Å²) in [5.74, 6) is 1.15. The van der Waals surface area contributed by atoms with Crippen molar-refractivity contribution in [3.8, 4) is 34.7 Å². The maximum Gasteiger partial charge on any atom is 0.244 e. The zero-order valence-electron chi connectivity index (χ0n) is 17.0. The molecule has 1 aromatic heterocycles. The Hall–Kier alpha value is -3.92. The number of benzene rings is 2. The van der Waals surface area contributed by atoms with Crippen molar-refractivity contribution in [2.24, 2.45) is 5.73 Å². The van der Waals surface area contributed by atoms with Gasteiger partial charge in [-0.25, -0.2) is 0 Å². The lowest BCUT2D eigenvalue weighted by atomic mass is 9.83. The highest BCUT2D eigenvalue weighted by atomic mass is 16.5. The number of aromatic nitrogens is 2. The Kier molecular flexibility index (Phi) is 5.07. The summed E-state index contributed by atoms with van der Waals surface area (Å²) >= 11 is 0. The normalized spacial score (nSPS) is 15.4. The molecule has 0 saturated carbocycles. The lowest BCUT2D eigenvalue weighted by Gasteiger charge is -2.25. The fourth-order valence-electron chi connectivity index (χ4n) is 3.62. The molecular weight excluding hydrogens is 380 g/mol. The Morgan fingerprint density at radius 2 is 1.93 bits per heavy atom. The van der Waals surface area contributed by atoms with Crippen molar-refractivity contribution in [3.05, 3.63) is 71.1 Å². The van der Waals surface area contributed by atoms with Gasteiger partial charge in [-0.3, -0.25) is 5.10 Å². The van der Waals surface area contributed by atoms with Crippen molar-refractivity contribution >= 4 is 0 Å². The Bertz CT molecular complexity index is 1140. The van der Waals surface area contributed by atoms with E-state index in [1.165, 1.54) is 0 Å². The predicted octanol–water partition coefficient (Wildman–Crippen LogP) is 4.09. The molecule has 0 aliphatic carbocycles. The van der Waals surface area contributed by atoms with E-state index in [9.17, 15) is 5.26 Å². The van der Waals surface area contributed by atoms with Gasteiger partial charge in [-0.1, -0.05) is 36.4 Å². The number of nitriles is 1. The number of methoxy groups -OCH3 is 1. The lowest BCUT2D eigenvalue weighted by molar-refractivity contribution is 0.230. The van der Waals surface area contributed by atoms with Crippen LogP contribution in [0.3, 0.4) is 0 Å². The van der Waals surface area contributed by atoms with Crippen molar-refractivity contribution in [1.82, 2.24) is 10.2 Å². The van der Waals surface area contributed by atoms with E-state index in [-0.39, 0.29) is 12.0 Å². The fourth-order valence-corrected chi connectivity index (χ4v) is 3.62. The molecule has 3 aromatic rings. The standard InChI is InChI=1S/C23H22N4O3/c1-13(2)29-17-10-9-15(11-18(17)28-3)19-16(12-24)22(25)30-23-20(19)21(26-27-23)14-7-5-4-6-8-14/h4-11,13,19H,25H2,1-3H3,(H,26,27)/t19-/m0/s1. The van der Waals surface area contributed by atoms with Crippen LogP contribution in [0, 0.1) is 11.3 Å². The molecule has 4 rings (SSSR count). The van der Waals surface area contributed by atoms with Crippen molar-refractivity contribution in [2.75, 3.05) is 7.11 Å². The zero-order valence-corrected chi connectivity index (χ0v) is 17.0. The number of hydrogen-bond acceptors (Lipinski definition) is 6. The van der Waals surface area contributed by atoms with Crippen LogP contribution in [0.15, 0.2) is 60.0 Å². The summed E-state index contributed by atoms with van der Waals surface area (Å²) < 4.78 is 17.0. The van der Waals surface area contributed by atoms with Gasteiger partial charge in [-0.05, 0) is 37.1 Å². The number of nitrogens with one attached hydrogen (secondary N) is 1. The number of allylic oxidation sites excluding steroid dienone is 1. The van der Waals surface area contributed by atoms with E-state index >= 15 is 0 Å².